The zero-order valence-electron chi connectivity index (χ0n) is 12.7. The lowest BCUT2D eigenvalue weighted by Crippen LogP contribution is -2.40. The predicted molar refractivity (Wildman–Crippen MR) is 84.4 cm³/mol. The molecule has 106 valence electrons. The molecule has 1 fully saturated rings. The molecule has 0 aromatic heterocycles. The zero-order chi connectivity index (χ0) is 14.5. The molecule has 0 aliphatic heterocycles. The molecule has 4 atom stereocenters. The molecule has 2 heteroatoms. The third-order valence-electron chi connectivity index (χ3n) is 4.62. The van der Waals surface area contributed by atoms with Crippen molar-refractivity contribution in [2.24, 2.45) is 17.8 Å². The number of anilines is 1. The van der Waals surface area contributed by atoms with Gasteiger partial charge in [-0.1, -0.05) is 37.3 Å². The van der Waals surface area contributed by atoms with E-state index in [1.54, 1.807) is 0 Å². The molecule has 20 heavy (non-hydrogen) atoms. The Morgan fingerprint density at radius 2 is 2.00 bits per heavy atom. The number of nitrogens with zero attached hydrogens (tertiary/aromatic N) is 2. The van der Waals surface area contributed by atoms with Gasteiger partial charge in [-0.25, -0.2) is 0 Å². The molecule has 0 bridgehead atoms. The maximum absolute atomic E-state index is 9.71. The van der Waals surface area contributed by atoms with Crippen LogP contribution in [-0.2, 0) is 0 Å². The fourth-order valence-electron chi connectivity index (χ4n) is 3.53. The summed E-state index contributed by atoms with van der Waals surface area (Å²) in [4.78, 5) is 2.14. The van der Waals surface area contributed by atoms with Crippen molar-refractivity contribution < 1.29 is 0 Å². The van der Waals surface area contributed by atoms with Crippen LogP contribution < -0.4 is 4.90 Å². The largest absolute Gasteiger partial charge is 0.359 e. The summed E-state index contributed by atoms with van der Waals surface area (Å²) < 4.78 is 0. The molecule has 0 saturated heterocycles. The minimum atomic E-state index is -0.0592. The Balaban J connectivity index is 2.25. The van der Waals surface area contributed by atoms with E-state index in [1.165, 1.54) is 12.8 Å². The average Bonchev–Trinajstić information content (AvgIpc) is 2.83. The van der Waals surface area contributed by atoms with Gasteiger partial charge >= 0.3 is 0 Å². The SMILES string of the molecule is C/C=C/[C@H]1CCC(C)[C@@H]1C(C#N)N(C)c1ccccc1. The van der Waals surface area contributed by atoms with Crippen molar-refractivity contribution in [3.05, 3.63) is 42.5 Å². The first kappa shape index (κ1) is 14.7. The predicted octanol–water partition coefficient (Wildman–Crippen LogP) is 4.25. The van der Waals surface area contributed by atoms with Crippen LogP contribution in [-0.4, -0.2) is 13.1 Å². The van der Waals surface area contributed by atoms with Crippen molar-refractivity contribution in [2.45, 2.75) is 32.7 Å². The zero-order valence-corrected chi connectivity index (χ0v) is 12.7. The van der Waals surface area contributed by atoms with Crippen LogP contribution in [0.25, 0.3) is 0 Å². The summed E-state index contributed by atoms with van der Waals surface area (Å²) >= 11 is 0. The molecule has 1 aliphatic carbocycles. The van der Waals surface area contributed by atoms with E-state index in [-0.39, 0.29) is 6.04 Å². The highest BCUT2D eigenvalue weighted by molar-refractivity contribution is 5.48. The fraction of sp³-hybridized carbons (Fsp3) is 0.500. The number of rotatable bonds is 4. The first-order chi connectivity index (χ1) is 9.69. The normalized spacial score (nSPS) is 27.4. The highest BCUT2D eigenvalue weighted by atomic mass is 15.1. The maximum atomic E-state index is 9.71. The lowest BCUT2D eigenvalue weighted by Gasteiger charge is -2.34. The third kappa shape index (κ3) is 2.88. The van der Waals surface area contributed by atoms with E-state index >= 15 is 0 Å². The Bertz CT molecular complexity index is 486. The van der Waals surface area contributed by atoms with Crippen LogP contribution in [0.4, 0.5) is 5.69 Å². The molecule has 1 aromatic rings. The van der Waals surface area contributed by atoms with Gasteiger partial charge in [0.25, 0.3) is 0 Å². The smallest absolute Gasteiger partial charge is 0.120 e. The van der Waals surface area contributed by atoms with Gasteiger partial charge in [-0.2, -0.15) is 5.26 Å². The van der Waals surface area contributed by atoms with Gasteiger partial charge in [0.15, 0.2) is 0 Å². The van der Waals surface area contributed by atoms with Gasteiger partial charge in [-0.05, 0) is 43.7 Å². The summed E-state index contributed by atoms with van der Waals surface area (Å²) in [5, 5.41) is 9.71. The summed E-state index contributed by atoms with van der Waals surface area (Å²) in [6, 6.07) is 12.7. The summed E-state index contributed by atoms with van der Waals surface area (Å²) in [5.41, 5.74) is 1.12. The van der Waals surface area contributed by atoms with Gasteiger partial charge in [0, 0.05) is 18.7 Å². The first-order valence-corrected chi connectivity index (χ1v) is 7.49. The molecule has 2 nitrogen and oxygen atoms in total. The van der Waals surface area contributed by atoms with Gasteiger partial charge in [-0.15, -0.1) is 0 Å². The Kier molecular flexibility index (Phi) is 4.84. The van der Waals surface area contributed by atoms with Crippen LogP contribution in [0, 0.1) is 29.1 Å². The standard InChI is InChI=1S/C18H24N2/c1-4-8-15-12-11-14(2)18(15)17(13-19)20(3)16-9-6-5-7-10-16/h4-10,14-15,17-18H,11-12H2,1-3H3/b8-4+/t14?,15-,17?,18-/m0/s1. The van der Waals surface area contributed by atoms with Gasteiger partial charge in [0.05, 0.1) is 6.07 Å². The molecular formula is C18H24N2. The fourth-order valence-corrected chi connectivity index (χ4v) is 3.53. The number of allylic oxidation sites excluding steroid dienone is 2. The van der Waals surface area contributed by atoms with E-state index in [0.29, 0.717) is 17.8 Å². The minimum Gasteiger partial charge on any atom is -0.359 e. The average molecular weight is 268 g/mol. The molecule has 1 aliphatic rings. The molecule has 1 aromatic carbocycles. The molecule has 0 radical (unpaired) electrons. The molecule has 0 heterocycles. The van der Waals surface area contributed by atoms with Gasteiger partial charge in [0.1, 0.15) is 6.04 Å². The van der Waals surface area contributed by atoms with Gasteiger partial charge in [0.2, 0.25) is 0 Å². The van der Waals surface area contributed by atoms with Crippen molar-refractivity contribution >= 4 is 5.69 Å². The molecule has 0 N–H and O–H groups in total. The minimum absolute atomic E-state index is 0.0592. The topological polar surface area (TPSA) is 27.0 Å². The molecule has 1 saturated carbocycles. The van der Waals surface area contributed by atoms with Crippen LogP contribution in [0.3, 0.4) is 0 Å². The van der Waals surface area contributed by atoms with E-state index in [2.05, 4.69) is 49.1 Å². The highest BCUT2D eigenvalue weighted by Crippen LogP contribution is 2.41. The quantitative estimate of drug-likeness (QED) is 0.763. The van der Waals surface area contributed by atoms with E-state index in [1.807, 2.05) is 25.2 Å². The molecular weight excluding hydrogens is 244 g/mol. The molecule has 2 unspecified atom stereocenters. The second-order valence-electron chi connectivity index (χ2n) is 5.84. The van der Waals surface area contributed by atoms with Crippen molar-refractivity contribution in [1.29, 1.82) is 5.26 Å². The summed E-state index contributed by atoms with van der Waals surface area (Å²) in [6.45, 7) is 4.36. The summed E-state index contributed by atoms with van der Waals surface area (Å²) in [6.07, 6.45) is 6.85. The maximum Gasteiger partial charge on any atom is 0.120 e. The number of benzene rings is 1. The highest BCUT2D eigenvalue weighted by Gasteiger charge is 2.39. The molecule has 2 rings (SSSR count). The van der Waals surface area contributed by atoms with Crippen LogP contribution in [0.1, 0.15) is 26.7 Å². The summed E-state index contributed by atoms with van der Waals surface area (Å²) in [7, 11) is 2.04. The van der Waals surface area contributed by atoms with Crippen molar-refractivity contribution in [2.75, 3.05) is 11.9 Å². The number of nitriles is 1. The number of para-hydroxylation sites is 1. The van der Waals surface area contributed by atoms with Crippen molar-refractivity contribution in [3.8, 4) is 6.07 Å². The van der Waals surface area contributed by atoms with Crippen LogP contribution in [0.2, 0.25) is 0 Å². The number of hydrogen-bond donors (Lipinski definition) is 0. The third-order valence-corrected chi connectivity index (χ3v) is 4.62. The Morgan fingerprint density at radius 1 is 1.30 bits per heavy atom. The van der Waals surface area contributed by atoms with Crippen molar-refractivity contribution in [1.82, 2.24) is 0 Å². The van der Waals surface area contributed by atoms with E-state index in [0.717, 1.165) is 5.69 Å². The monoisotopic (exact) mass is 268 g/mol. The lowest BCUT2D eigenvalue weighted by atomic mass is 9.83. The van der Waals surface area contributed by atoms with E-state index in [9.17, 15) is 5.26 Å². The lowest BCUT2D eigenvalue weighted by molar-refractivity contribution is 0.334. The number of hydrogen-bond acceptors (Lipinski definition) is 2. The Labute approximate surface area is 122 Å². The van der Waals surface area contributed by atoms with E-state index < -0.39 is 0 Å². The molecule has 0 amide bonds. The van der Waals surface area contributed by atoms with Gasteiger partial charge in [-0.3, -0.25) is 0 Å². The van der Waals surface area contributed by atoms with E-state index in [4.69, 9.17) is 0 Å². The van der Waals surface area contributed by atoms with Crippen LogP contribution in [0.15, 0.2) is 42.5 Å². The Morgan fingerprint density at radius 3 is 2.60 bits per heavy atom. The van der Waals surface area contributed by atoms with Crippen LogP contribution >= 0.6 is 0 Å². The first-order valence-electron chi connectivity index (χ1n) is 7.49. The summed E-state index contributed by atoms with van der Waals surface area (Å²) in [5.74, 6) is 1.55. The second kappa shape index (κ2) is 6.61. The van der Waals surface area contributed by atoms with Crippen LogP contribution in [0.5, 0.6) is 0 Å². The van der Waals surface area contributed by atoms with Gasteiger partial charge < -0.3 is 4.90 Å². The Hall–Kier alpha value is -1.75. The second-order valence-corrected chi connectivity index (χ2v) is 5.84. The molecule has 0 spiro atoms. The van der Waals surface area contributed by atoms with Crippen molar-refractivity contribution in [3.63, 3.8) is 0 Å².